The molecule has 7 heteroatoms. The van der Waals surface area contributed by atoms with Crippen LogP contribution in [0.25, 0.3) is 0 Å². The lowest BCUT2D eigenvalue weighted by Crippen LogP contribution is -2.29. The molecule has 1 rings (SSSR count). The summed E-state index contributed by atoms with van der Waals surface area (Å²) in [5.41, 5.74) is 0.0452. The van der Waals surface area contributed by atoms with Gasteiger partial charge < -0.3 is 9.47 Å². The van der Waals surface area contributed by atoms with Crippen LogP contribution >= 0.6 is 0 Å². The molecule has 0 aromatic heterocycles. The number of esters is 2. The third-order valence-electron chi connectivity index (χ3n) is 2.13. The molecule has 0 aliphatic rings. The van der Waals surface area contributed by atoms with Gasteiger partial charge in [0.2, 0.25) is 5.75 Å². The summed E-state index contributed by atoms with van der Waals surface area (Å²) in [6.45, 7) is 5.82. The van der Waals surface area contributed by atoms with E-state index in [2.05, 4.69) is 16.1 Å². The Morgan fingerprint density at radius 1 is 1.20 bits per heavy atom. The van der Waals surface area contributed by atoms with E-state index in [1.807, 2.05) is 0 Å². The second-order valence-corrected chi connectivity index (χ2v) is 3.95. The Labute approximate surface area is 112 Å². The van der Waals surface area contributed by atoms with Gasteiger partial charge in [-0.15, -0.1) is 0 Å². The van der Waals surface area contributed by atoms with Gasteiger partial charge in [0.1, 0.15) is 5.82 Å². The van der Waals surface area contributed by atoms with E-state index in [9.17, 15) is 22.8 Å². The molecule has 20 heavy (non-hydrogen) atoms. The highest BCUT2D eigenvalue weighted by Gasteiger charge is 2.23. The number of hydrogen-bond acceptors (Lipinski definition) is 4. The lowest BCUT2D eigenvalue weighted by Gasteiger charge is -2.13. The van der Waals surface area contributed by atoms with E-state index in [-0.39, 0.29) is 5.57 Å². The summed E-state index contributed by atoms with van der Waals surface area (Å²) < 4.78 is 48.2. The van der Waals surface area contributed by atoms with Gasteiger partial charge in [0.05, 0.1) is 0 Å². The second kappa shape index (κ2) is 6.23. The van der Waals surface area contributed by atoms with Crippen molar-refractivity contribution in [3.05, 3.63) is 41.7 Å². The molecule has 108 valence electrons. The number of halogens is 3. The molecule has 0 fully saturated rings. The first-order chi connectivity index (χ1) is 9.22. The number of hydrogen-bond donors (Lipinski definition) is 0. The SMILES string of the molecule is C=C(C)C(=O)OC(C)C(=O)Oc1c(F)cc(F)cc1F. The summed E-state index contributed by atoms with van der Waals surface area (Å²) in [6, 6.07) is 0.715. The highest BCUT2D eigenvalue weighted by molar-refractivity contribution is 5.89. The standard InChI is InChI=1S/C13H11F3O4/c1-6(2)12(17)19-7(3)13(18)20-11-9(15)4-8(14)5-10(11)16/h4-5,7H,1H2,2-3H3. The molecule has 0 aliphatic carbocycles. The molecule has 0 spiro atoms. The van der Waals surface area contributed by atoms with Crippen molar-refractivity contribution in [2.75, 3.05) is 0 Å². The van der Waals surface area contributed by atoms with Crippen molar-refractivity contribution in [1.82, 2.24) is 0 Å². The molecule has 1 atom stereocenters. The molecule has 1 unspecified atom stereocenters. The minimum Gasteiger partial charge on any atom is -0.447 e. The molecule has 1 aromatic rings. The molecule has 0 heterocycles. The van der Waals surface area contributed by atoms with Crippen LogP contribution in [0, 0.1) is 17.5 Å². The van der Waals surface area contributed by atoms with Crippen LogP contribution in [0.1, 0.15) is 13.8 Å². The van der Waals surface area contributed by atoms with Crippen LogP contribution in [0.15, 0.2) is 24.3 Å². The first-order valence-electron chi connectivity index (χ1n) is 5.45. The highest BCUT2D eigenvalue weighted by atomic mass is 19.1. The van der Waals surface area contributed by atoms with Gasteiger partial charge in [-0.25, -0.2) is 22.8 Å². The molecule has 0 N–H and O–H groups in total. The summed E-state index contributed by atoms with van der Waals surface area (Å²) in [5.74, 6) is -7.03. The number of carbonyl (C=O) groups excluding carboxylic acids is 2. The minimum atomic E-state index is -1.40. The van der Waals surface area contributed by atoms with E-state index in [1.54, 1.807) is 0 Å². The normalized spacial score (nSPS) is 11.7. The van der Waals surface area contributed by atoms with Crippen LogP contribution in [0.2, 0.25) is 0 Å². The Morgan fingerprint density at radius 3 is 2.15 bits per heavy atom. The summed E-state index contributed by atoms with van der Waals surface area (Å²) in [6.07, 6.45) is -1.40. The van der Waals surface area contributed by atoms with Crippen LogP contribution in [0.3, 0.4) is 0 Å². The maximum absolute atomic E-state index is 13.2. The predicted molar refractivity (Wildman–Crippen MR) is 62.3 cm³/mol. The maximum Gasteiger partial charge on any atom is 0.352 e. The molecule has 0 amide bonds. The number of rotatable bonds is 4. The lowest BCUT2D eigenvalue weighted by atomic mass is 10.3. The molecule has 0 radical (unpaired) electrons. The second-order valence-electron chi connectivity index (χ2n) is 3.95. The Bertz CT molecular complexity index is 546. The molecule has 0 aliphatic heterocycles. The molecule has 1 aromatic carbocycles. The Morgan fingerprint density at radius 2 is 1.70 bits per heavy atom. The van der Waals surface area contributed by atoms with E-state index < -0.39 is 41.2 Å². The fraction of sp³-hybridized carbons (Fsp3) is 0.231. The molecule has 0 saturated carbocycles. The van der Waals surface area contributed by atoms with Crippen LogP contribution in [-0.4, -0.2) is 18.0 Å². The van der Waals surface area contributed by atoms with E-state index in [4.69, 9.17) is 0 Å². The average molecular weight is 288 g/mol. The van der Waals surface area contributed by atoms with Crippen molar-refractivity contribution in [3.63, 3.8) is 0 Å². The monoisotopic (exact) mass is 288 g/mol. The van der Waals surface area contributed by atoms with Gasteiger partial charge in [0.15, 0.2) is 17.7 Å². The molecule has 4 nitrogen and oxygen atoms in total. The molecule has 0 bridgehead atoms. The third kappa shape index (κ3) is 3.84. The summed E-state index contributed by atoms with van der Waals surface area (Å²) >= 11 is 0. The van der Waals surface area contributed by atoms with E-state index in [1.165, 1.54) is 6.92 Å². The van der Waals surface area contributed by atoms with Crippen molar-refractivity contribution in [3.8, 4) is 5.75 Å². The zero-order chi connectivity index (χ0) is 15.4. The zero-order valence-corrected chi connectivity index (χ0v) is 10.7. The van der Waals surface area contributed by atoms with Gasteiger partial charge in [-0.05, 0) is 13.8 Å². The number of benzene rings is 1. The Kier molecular flexibility index (Phi) is 4.90. The van der Waals surface area contributed by atoms with Gasteiger partial charge in [0.25, 0.3) is 0 Å². The number of carbonyl (C=O) groups is 2. The van der Waals surface area contributed by atoms with Gasteiger partial charge in [-0.1, -0.05) is 6.58 Å². The van der Waals surface area contributed by atoms with Crippen molar-refractivity contribution < 1.29 is 32.2 Å². The van der Waals surface area contributed by atoms with Gasteiger partial charge >= 0.3 is 11.9 Å². The van der Waals surface area contributed by atoms with Crippen molar-refractivity contribution in [2.45, 2.75) is 20.0 Å². The topological polar surface area (TPSA) is 52.6 Å². The van der Waals surface area contributed by atoms with Gasteiger partial charge in [-0.3, -0.25) is 0 Å². The Balaban J connectivity index is 2.81. The van der Waals surface area contributed by atoms with Crippen LogP contribution in [-0.2, 0) is 14.3 Å². The largest absolute Gasteiger partial charge is 0.447 e. The summed E-state index contributed by atoms with van der Waals surface area (Å²) in [7, 11) is 0. The first-order valence-corrected chi connectivity index (χ1v) is 5.45. The van der Waals surface area contributed by atoms with Crippen molar-refractivity contribution >= 4 is 11.9 Å². The Hall–Kier alpha value is -2.31. The third-order valence-corrected chi connectivity index (χ3v) is 2.13. The van der Waals surface area contributed by atoms with Gasteiger partial charge in [-0.2, -0.15) is 0 Å². The maximum atomic E-state index is 13.2. The van der Waals surface area contributed by atoms with Crippen molar-refractivity contribution in [1.29, 1.82) is 0 Å². The fourth-order valence-corrected chi connectivity index (χ4v) is 1.12. The van der Waals surface area contributed by atoms with Crippen molar-refractivity contribution in [2.24, 2.45) is 0 Å². The number of ether oxygens (including phenoxy) is 2. The van der Waals surface area contributed by atoms with Crippen LogP contribution in [0.4, 0.5) is 13.2 Å². The van der Waals surface area contributed by atoms with Crippen LogP contribution < -0.4 is 4.74 Å². The van der Waals surface area contributed by atoms with E-state index >= 15 is 0 Å². The predicted octanol–water partition coefficient (Wildman–Crippen LogP) is 2.52. The average Bonchev–Trinajstić information content (AvgIpc) is 2.32. The zero-order valence-electron chi connectivity index (χ0n) is 10.7. The van der Waals surface area contributed by atoms with E-state index in [0.717, 1.165) is 6.92 Å². The fourth-order valence-electron chi connectivity index (χ4n) is 1.12. The smallest absolute Gasteiger partial charge is 0.352 e. The minimum absolute atomic E-state index is 0.0452. The quantitative estimate of drug-likeness (QED) is 0.485. The first kappa shape index (κ1) is 15.7. The molecular formula is C13H11F3O4. The highest BCUT2D eigenvalue weighted by Crippen LogP contribution is 2.23. The summed E-state index contributed by atoms with van der Waals surface area (Å²) in [5, 5.41) is 0. The van der Waals surface area contributed by atoms with E-state index in [0.29, 0.717) is 12.1 Å². The van der Waals surface area contributed by atoms with Crippen LogP contribution in [0.5, 0.6) is 5.75 Å². The van der Waals surface area contributed by atoms with Gasteiger partial charge in [0, 0.05) is 17.7 Å². The summed E-state index contributed by atoms with van der Waals surface area (Å²) in [4.78, 5) is 22.7. The molecule has 0 saturated heterocycles. The molecular weight excluding hydrogens is 277 g/mol. The lowest BCUT2D eigenvalue weighted by molar-refractivity contribution is -0.158.